The fourth-order valence-corrected chi connectivity index (χ4v) is 10.3. The van der Waals surface area contributed by atoms with E-state index < -0.39 is 30.5 Å². The molecule has 0 spiro atoms. The van der Waals surface area contributed by atoms with Crippen LogP contribution in [0.4, 0.5) is 0 Å². The Morgan fingerprint density at radius 3 is 1.69 bits per heavy atom. The second-order valence-corrected chi connectivity index (χ2v) is 14.2. The fourth-order valence-electron chi connectivity index (χ4n) is 3.60. The van der Waals surface area contributed by atoms with Crippen molar-refractivity contribution in [2.24, 2.45) is 0 Å². The zero-order chi connectivity index (χ0) is 25.6. The number of rotatable bonds is 16. The number of hydrogen-bond acceptors (Lipinski definition) is 7. The zero-order valence-corrected chi connectivity index (χ0v) is 23.2. The second kappa shape index (κ2) is 15.1. The van der Waals surface area contributed by atoms with Crippen molar-refractivity contribution in [3.8, 4) is 11.5 Å². The molecule has 36 heavy (non-hydrogen) atoms. The van der Waals surface area contributed by atoms with E-state index in [1.165, 1.54) is 12.5 Å². The number of halogens is 1. The Labute approximate surface area is 221 Å². The molecule has 0 bridgehead atoms. The van der Waals surface area contributed by atoms with E-state index in [0.29, 0.717) is 37.9 Å². The third kappa shape index (κ3) is 9.64. The molecule has 0 amide bonds. The summed E-state index contributed by atoms with van der Waals surface area (Å²) in [5.41, 5.74) is 0. The molecule has 1 aliphatic rings. The molecular weight excluding hydrogens is 597 g/mol. The minimum absolute atomic E-state index is 0.0800. The summed E-state index contributed by atoms with van der Waals surface area (Å²) in [4.78, 5) is 0. The normalized spacial score (nSPS) is 14.5. The third-order valence-corrected chi connectivity index (χ3v) is 12.4. The topological polar surface area (TPSA) is 92.3 Å². The first-order valence-corrected chi connectivity index (χ1v) is 16.3. The van der Waals surface area contributed by atoms with Crippen LogP contribution in [0.2, 0.25) is 0 Å². The first kappa shape index (κ1) is 28.3. The predicted molar refractivity (Wildman–Crippen MR) is 148 cm³/mol. The Hall–Kier alpha value is -2.28. The molecular formula is C26H34INO7S. The van der Waals surface area contributed by atoms with Gasteiger partial charge in [-0.05, 0) is 0 Å². The van der Waals surface area contributed by atoms with Crippen molar-refractivity contribution in [2.45, 2.75) is 38.1 Å². The number of nitrogens with one attached hydrogen (secondary N) is 1. The van der Waals surface area contributed by atoms with Crippen molar-refractivity contribution >= 4 is 30.5 Å². The van der Waals surface area contributed by atoms with Crippen molar-refractivity contribution < 1.29 is 29.9 Å². The van der Waals surface area contributed by atoms with E-state index in [4.69, 9.17) is 21.5 Å². The fraction of sp³-hybridized carbons (Fsp3) is 0.385. The van der Waals surface area contributed by atoms with Gasteiger partial charge in [0, 0.05) is 0 Å². The summed E-state index contributed by atoms with van der Waals surface area (Å²) < 4.78 is 57.8. The summed E-state index contributed by atoms with van der Waals surface area (Å²) in [6, 6.07) is 14.6. The maximum atomic E-state index is 13.0. The van der Waals surface area contributed by atoms with Crippen LogP contribution in [0.3, 0.4) is 0 Å². The third-order valence-electron chi connectivity index (χ3n) is 5.26. The first-order valence-electron chi connectivity index (χ1n) is 11.8. The molecule has 0 saturated heterocycles. The van der Waals surface area contributed by atoms with Gasteiger partial charge >= 0.3 is 223 Å². The van der Waals surface area contributed by atoms with Crippen LogP contribution in [-0.2, 0) is 22.3 Å². The molecule has 3 rings (SSSR count). The van der Waals surface area contributed by atoms with Crippen LogP contribution in [0.15, 0.2) is 74.2 Å². The van der Waals surface area contributed by atoms with Crippen LogP contribution < -0.4 is 14.2 Å². The van der Waals surface area contributed by atoms with E-state index in [0.717, 1.165) is 39.2 Å². The van der Waals surface area contributed by atoms with Crippen molar-refractivity contribution in [1.29, 1.82) is 0 Å². The molecule has 0 unspecified atom stereocenters. The van der Waals surface area contributed by atoms with Crippen LogP contribution in [0.25, 0.3) is 0 Å². The van der Waals surface area contributed by atoms with E-state index in [1.54, 1.807) is 0 Å². The van der Waals surface area contributed by atoms with Crippen LogP contribution in [0.1, 0.15) is 32.1 Å². The Morgan fingerprint density at radius 1 is 0.778 bits per heavy atom. The molecule has 1 saturated carbocycles. The van der Waals surface area contributed by atoms with Gasteiger partial charge in [-0.2, -0.15) is 0 Å². The molecule has 0 aliphatic heterocycles. The van der Waals surface area contributed by atoms with E-state index in [-0.39, 0.29) is 6.04 Å². The van der Waals surface area contributed by atoms with Crippen LogP contribution in [0.5, 0.6) is 11.5 Å². The molecule has 10 heteroatoms. The van der Waals surface area contributed by atoms with Gasteiger partial charge in [-0.3, -0.25) is 0 Å². The molecule has 0 aromatic heterocycles. The predicted octanol–water partition coefficient (Wildman–Crippen LogP) is 5.41. The van der Waals surface area contributed by atoms with Gasteiger partial charge < -0.3 is 0 Å². The molecule has 1 N–H and O–H groups in total. The van der Waals surface area contributed by atoms with E-state index in [1.807, 2.05) is 48.5 Å². The molecule has 2 aromatic carbocycles. The van der Waals surface area contributed by atoms with Gasteiger partial charge in [0.05, 0.1) is 0 Å². The van der Waals surface area contributed by atoms with E-state index >= 15 is 0 Å². The standard InChI is InChI=1S/C26H34INO7S/c1-3-31-18-20-33-25-14-10-22(11-15-25)27(35-36(29,30)28-24-8-6-5-7-9-24)23-12-16-26(17-13-23)34-21-19-32-4-2/h3-4,10-17,24,28H,1-2,5-9,18-21H2. The van der Waals surface area contributed by atoms with Gasteiger partial charge in [-0.25, -0.2) is 0 Å². The summed E-state index contributed by atoms with van der Waals surface area (Å²) in [6.07, 6.45) is 7.59. The van der Waals surface area contributed by atoms with E-state index in [9.17, 15) is 8.42 Å². The average Bonchev–Trinajstić information content (AvgIpc) is 2.89. The van der Waals surface area contributed by atoms with Gasteiger partial charge in [-0.1, -0.05) is 0 Å². The summed E-state index contributed by atoms with van der Waals surface area (Å²) in [6.45, 7) is 8.55. The van der Waals surface area contributed by atoms with Crippen LogP contribution >= 0.6 is 20.2 Å². The molecule has 1 fully saturated rings. The Bertz CT molecular complexity index is 979. The second-order valence-electron chi connectivity index (χ2n) is 7.90. The summed E-state index contributed by atoms with van der Waals surface area (Å²) >= 11 is -2.83. The van der Waals surface area contributed by atoms with Gasteiger partial charge in [0.15, 0.2) is 0 Å². The van der Waals surface area contributed by atoms with Crippen molar-refractivity contribution in [3.63, 3.8) is 0 Å². The summed E-state index contributed by atoms with van der Waals surface area (Å²) in [7, 11) is -3.93. The SMILES string of the molecule is C=COCCOc1ccc(I(OS(=O)(=O)NC2CCCCC2)c2ccc(OCCOC=C)cc2)cc1. The molecule has 198 valence electrons. The molecule has 1 aliphatic carbocycles. The molecule has 0 heterocycles. The van der Waals surface area contributed by atoms with Crippen LogP contribution in [-0.4, -0.2) is 40.9 Å². The Balaban J connectivity index is 1.75. The zero-order valence-electron chi connectivity index (χ0n) is 20.3. The van der Waals surface area contributed by atoms with E-state index in [2.05, 4.69) is 17.9 Å². The Morgan fingerprint density at radius 2 is 1.25 bits per heavy atom. The first-order chi connectivity index (χ1) is 17.5. The average molecular weight is 632 g/mol. The quantitative estimate of drug-likeness (QED) is 0.151. The van der Waals surface area contributed by atoms with Crippen molar-refractivity contribution in [3.05, 3.63) is 81.4 Å². The summed E-state index contributed by atoms with van der Waals surface area (Å²) in [5.74, 6) is 1.33. The monoisotopic (exact) mass is 631 g/mol. The number of benzene rings is 2. The maximum absolute atomic E-state index is 13.0. The molecule has 2 aromatic rings. The molecule has 0 radical (unpaired) electrons. The van der Waals surface area contributed by atoms with Crippen molar-refractivity contribution in [1.82, 2.24) is 4.72 Å². The van der Waals surface area contributed by atoms with Gasteiger partial charge in [0.2, 0.25) is 0 Å². The number of hydrogen-bond donors (Lipinski definition) is 1. The number of ether oxygens (including phenoxy) is 4. The Kier molecular flexibility index (Phi) is 11.9. The van der Waals surface area contributed by atoms with Crippen LogP contribution in [0, 0.1) is 7.14 Å². The van der Waals surface area contributed by atoms with Gasteiger partial charge in [0.25, 0.3) is 0 Å². The van der Waals surface area contributed by atoms with Gasteiger partial charge in [0.1, 0.15) is 0 Å². The van der Waals surface area contributed by atoms with Gasteiger partial charge in [-0.15, -0.1) is 0 Å². The summed E-state index contributed by atoms with van der Waals surface area (Å²) in [5, 5.41) is 0. The molecule has 0 atom stereocenters. The van der Waals surface area contributed by atoms with Crippen molar-refractivity contribution in [2.75, 3.05) is 26.4 Å². The minimum atomic E-state index is -3.93. The molecule has 8 nitrogen and oxygen atoms in total.